The zero-order valence-corrected chi connectivity index (χ0v) is 15.5. The van der Waals surface area contributed by atoms with Crippen molar-refractivity contribution in [3.8, 4) is 28.1 Å². The summed E-state index contributed by atoms with van der Waals surface area (Å²) < 4.78 is 5.89. The third-order valence-electron chi connectivity index (χ3n) is 3.88. The van der Waals surface area contributed by atoms with Crippen LogP contribution in [-0.2, 0) is 0 Å². The molecule has 0 aliphatic carbocycles. The van der Waals surface area contributed by atoms with E-state index >= 15 is 0 Å². The van der Waals surface area contributed by atoms with Crippen molar-refractivity contribution in [2.24, 2.45) is 0 Å². The third-order valence-corrected chi connectivity index (χ3v) is 4.11. The van der Waals surface area contributed by atoms with Crippen LogP contribution in [0.5, 0.6) is 5.75 Å². The van der Waals surface area contributed by atoms with Gasteiger partial charge >= 0.3 is 5.97 Å². The van der Waals surface area contributed by atoms with E-state index in [1.165, 1.54) is 6.07 Å². The Bertz CT molecular complexity index is 1010. The number of rotatable bonds is 6. The lowest BCUT2D eigenvalue weighted by Gasteiger charge is -2.15. The molecule has 5 heteroatoms. The van der Waals surface area contributed by atoms with Crippen LogP contribution in [0.2, 0.25) is 5.02 Å². The van der Waals surface area contributed by atoms with Gasteiger partial charge in [-0.25, -0.2) is 9.78 Å². The quantitative estimate of drug-likeness (QED) is 0.556. The summed E-state index contributed by atoms with van der Waals surface area (Å²) in [5, 5.41) is 9.82. The van der Waals surface area contributed by atoms with Gasteiger partial charge in [-0.3, -0.25) is 0 Å². The van der Waals surface area contributed by atoms with Gasteiger partial charge in [0.1, 0.15) is 18.1 Å². The number of benzene rings is 2. The molecule has 136 valence electrons. The predicted molar refractivity (Wildman–Crippen MR) is 107 cm³/mol. The van der Waals surface area contributed by atoms with E-state index in [0.29, 0.717) is 23.1 Å². The van der Waals surface area contributed by atoms with E-state index in [-0.39, 0.29) is 5.69 Å². The summed E-state index contributed by atoms with van der Waals surface area (Å²) >= 11 is 6.23. The van der Waals surface area contributed by atoms with Crippen LogP contribution in [0, 0.1) is 0 Å². The van der Waals surface area contributed by atoms with Gasteiger partial charge in [-0.2, -0.15) is 0 Å². The standard InChI is InChI=1S/C22H18ClNO3/c1-14(2)13-27-21-11-10-15(23)12-18(21)16-6-3-4-7-17(16)19-8-5-9-20(24-19)22(25)26/h3-12H,1,13H2,2H3,(H,25,26). The smallest absolute Gasteiger partial charge is 0.354 e. The lowest BCUT2D eigenvalue weighted by atomic mass is 9.96. The van der Waals surface area contributed by atoms with Crippen molar-refractivity contribution in [2.45, 2.75) is 6.92 Å². The molecule has 0 spiro atoms. The molecule has 4 nitrogen and oxygen atoms in total. The van der Waals surface area contributed by atoms with E-state index < -0.39 is 5.97 Å². The summed E-state index contributed by atoms with van der Waals surface area (Å²) in [6.45, 7) is 6.15. The second-order valence-corrected chi connectivity index (χ2v) is 6.58. The van der Waals surface area contributed by atoms with Crippen molar-refractivity contribution in [1.29, 1.82) is 0 Å². The normalized spacial score (nSPS) is 10.4. The lowest BCUT2D eigenvalue weighted by molar-refractivity contribution is 0.0690. The maximum atomic E-state index is 11.3. The van der Waals surface area contributed by atoms with E-state index in [4.69, 9.17) is 16.3 Å². The number of aromatic carboxylic acids is 1. The van der Waals surface area contributed by atoms with Gasteiger partial charge in [0.15, 0.2) is 0 Å². The van der Waals surface area contributed by atoms with E-state index in [1.807, 2.05) is 43.3 Å². The molecule has 0 radical (unpaired) electrons. The van der Waals surface area contributed by atoms with Gasteiger partial charge in [-0.15, -0.1) is 0 Å². The highest BCUT2D eigenvalue weighted by atomic mass is 35.5. The fourth-order valence-corrected chi connectivity index (χ4v) is 2.86. The van der Waals surface area contributed by atoms with Crippen LogP contribution in [0.1, 0.15) is 17.4 Å². The number of aromatic nitrogens is 1. The molecule has 1 aromatic heterocycles. The van der Waals surface area contributed by atoms with E-state index in [9.17, 15) is 9.90 Å². The molecule has 0 unspecified atom stereocenters. The average molecular weight is 380 g/mol. The first-order chi connectivity index (χ1) is 13.0. The zero-order chi connectivity index (χ0) is 19.4. The molecule has 0 aliphatic rings. The van der Waals surface area contributed by atoms with Crippen LogP contribution in [0.3, 0.4) is 0 Å². The number of carboxylic acid groups (broad SMARTS) is 1. The number of halogens is 1. The molecule has 0 saturated heterocycles. The number of nitrogens with zero attached hydrogens (tertiary/aromatic N) is 1. The number of carbonyl (C=O) groups is 1. The molecule has 1 heterocycles. The Morgan fingerprint density at radius 2 is 1.81 bits per heavy atom. The molecule has 0 amide bonds. The summed E-state index contributed by atoms with van der Waals surface area (Å²) in [4.78, 5) is 15.5. The van der Waals surface area contributed by atoms with Crippen LogP contribution in [-0.4, -0.2) is 22.7 Å². The highest BCUT2D eigenvalue weighted by Gasteiger charge is 2.15. The Hall–Kier alpha value is -3.11. The largest absolute Gasteiger partial charge is 0.489 e. The second-order valence-electron chi connectivity index (χ2n) is 6.15. The minimum Gasteiger partial charge on any atom is -0.489 e. The Morgan fingerprint density at radius 1 is 1.07 bits per heavy atom. The molecule has 3 aromatic rings. The topological polar surface area (TPSA) is 59.4 Å². The molecule has 0 bridgehead atoms. The fraction of sp³-hybridized carbons (Fsp3) is 0.0909. The first-order valence-electron chi connectivity index (χ1n) is 8.32. The van der Waals surface area contributed by atoms with Gasteiger partial charge < -0.3 is 9.84 Å². The van der Waals surface area contributed by atoms with Crippen LogP contribution >= 0.6 is 11.6 Å². The monoisotopic (exact) mass is 379 g/mol. The molecular weight excluding hydrogens is 362 g/mol. The van der Waals surface area contributed by atoms with E-state index in [2.05, 4.69) is 11.6 Å². The molecule has 0 atom stereocenters. The van der Waals surface area contributed by atoms with Crippen LogP contribution in [0.25, 0.3) is 22.4 Å². The van der Waals surface area contributed by atoms with Crippen molar-refractivity contribution >= 4 is 17.6 Å². The Balaban J connectivity index is 2.14. The minimum atomic E-state index is -1.07. The zero-order valence-electron chi connectivity index (χ0n) is 14.8. The molecule has 3 rings (SSSR count). The van der Waals surface area contributed by atoms with Crippen LogP contribution < -0.4 is 4.74 Å². The highest BCUT2D eigenvalue weighted by Crippen LogP contribution is 2.38. The predicted octanol–water partition coefficient (Wildman–Crippen LogP) is 5.72. The van der Waals surface area contributed by atoms with Gasteiger partial charge in [0.25, 0.3) is 0 Å². The maximum absolute atomic E-state index is 11.3. The first kappa shape index (κ1) is 18.7. The summed E-state index contributed by atoms with van der Waals surface area (Å²) in [6.07, 6.45) is 0. The van der Waals surface area contributed by atoms with E-state index in [0.717, 1.165) is 22.3 Å². The van der Waals surface area contributed by atoms with Gasteiger partial charge in [0.05, 0.1) is 5.69 Å². The fourth-order valence-electron chi connectivity index (χ4n) is 2.68. The maximum Gasteiger partial charge on any atom is 0.354 e. The Morgan fingerprint density at radius 3 is 2.52 bits per heavy atom. The van der Waals surface area contributed by atoms with Crippen molar-refractivity contribution < 1.29 is 14.6 Å². The SMILES string of the molecule is C=C(C)COc1ccc(Cl)cc1-c1ccccc1-c1cccc(C(=O)O)n1. The number of carboxylic acids is 1. The molecule has 27 heavy (non-hydrogen) atoms. The van der Waals surface area contributed by atoms with Crippen molar-refractivity contribution in [2.75, 3.05) is 6.61 Å². The third kappa shape index (κ3) is 4.36. The van der Waals surface area contributed by atoms with Gasteiger partial charge in [-0.1, -0.05) is 48.5 Å². The van der Waals surface area contributed by atoms with Gasteiger partial charge in [-0.05, 0) is 48.4 Å². The van der Waals surface area contributed by atoms with Gasteiger partial charge in [0, 0.05) is 16.1 Å². The minimum absolute atomic E-state index is 0.00727. The molecule has 1 N–H and O–H groups in total. The first-order valence-corrected chi connectivity index (χ1v) is 8.70. The van der Waals surface area contributed by atoms with E-state index in [1.54, 1.807) is 18.2 Å². The van der Waals surface area contributed by atoms with Crippen LogP contribution in [0.15, 0.2) is 72.8 Å². The van der Waals surface area contributed by atoms with Crippen molar-refractivity contribution in [3.63, 3.8) is 0 Å². The molecule has 2 aromatic carbocycles. The number of ether oxygens (including phenoxy) is 1. The Labute approximate surface area is 162 Å². The molecule has 0 saturated carbocycles. The summed E-state index contributed by atoms with van der Waals surface area (Å²) in [6, 6.07) is 18.0. The summed E-state index contributed by atoms with van der Waals surface area (Å²) in [7, 11) is 0. The number of hydrogen-bond acceptors (Lipinski definition) is 3. The summed E-state index contributed by atoms with van der Waals surface area (Å²) in [5.74, 6) is -0.396. The Kier molecular flexibility index (Phi) is 5.57. The summed E-state index contributed by atoms with van der Waals surface area (Å²) in [5.41, 5.74) is 3.92. The van der Waals surface area contributed by atoms with Crippen molar-refractivity contribution in [1.82, 2.24) is 4.98 Å². The van der Waals surface area contributed by atoms with Gasteiger partial charge in [0.2, 0.25) is 0 Å². The molecule has 0 aliphatic heterocycles. The van der Waals surface area contributed by atoms with Crippen molar-refractivity contribution in [3.05, 3.63) is 83.5 Å². The number of pyridine rings is 1. The average Bonchev–Trinajstić information content (AvgIpc) is 2.67. The lowest BCUT2D eigenvalue weighted by Crippen LogP contribution is -2.02. The highest BCUT2D eigenvalue weighted by molar-refractivity contribution is 6.31. The second kappa shape index (κ2) is 8.06. The number of hydrogen-bond donors (Lipinski definition) is 1. The van der Waals surface area contributed by atoms with Crippen LogP contribution in [0.4, 0.5) is 0 Å². The molecular formula is C22H18ClNO3. The molecule has 0 fully saturated rings.